The van der Waals surface area contributed by atoms with E-state index in [1.807, 2.05) is 54.6 Å². The SMILES string of the molecule is Brc1ccc2c(-c3nc(-c4ccccc4)c(-c4ccccc4)[nH]3)occ2c1. The zero-order valence-corrected chi connectivity index (χ0v) is 15.9. The van der Waals surface area contributed by atoms with Crippen molar-refractivity contribution in [1.29, 1.82) is 0 Å². The summed E-state index contributed by atoms with van der Waals surface area (Å²) in [5.41, 5.74) is 4.06. The number of benzene rings is 3. The van der Waals surface area contributed by atoms with Gasteiger partial charge in [-0.1, -0.05) is 76.6 Å². The quantitative estimate of drug-likeness (QED) is 0.348. The molecule has 0 saturated carbocycles. The second-order valence-electron chi connectivity index (χ2n) is 6.34. The van der Waals surface area contributed by atoms with Crippen LogP contribution < -0.4 is 0 Å². The van der Waals surface area contributed by atoms with E-state index in [0.29, 0.717) is 0 Å². The maximum Gasteiger partial charge on any atom is 0.177 e. The molecule has 0 radical (unpaired) electrons. The summed E-state index contributed by atoms with van der Waals surface area (Å²) in [5, 5.41) is 2.07. The molecule has 2 heterocycles. The fraction of sp³-hybridized carbons (Fsp3) is 0. The molecule has 0 bridgehead atoms. The highest BCUT2D eigenvalue weighted by Gasteiger charge is 2.18. The molecule has 0 atom stereocenters. The molecular formula is C23H15BrN2O. The van der Waals surface area contributed by atoms with Gasteiger partial charge in [0.05, 0.1) is 17.7 Å². The number of imidazole rings is 1. The number of hydrogen-bond acceptors (Lipinski definition) is 2. The lowest BCUT2D eigenvalue weighted by Gasteiger charge is -2.02. The minimum atomic E-state index is 0.727. The molecule has 3 nitrogen and oxygen atoms in total. The van der Waals surface area contributed by atoms with Crippen LogP contribution in [0.3, 0.4) is 0 Å². The smallest absolute Gasteiger partial charge is 0.177 e. The van der Waals surface area contributed by atoms with Crippen molar-refractivity contribution in [1.82, 2.24) is 9.97 Å². The third-order valence-electron chi connectivity index (χ3n) is 4.59. The van der Waals surface area contributed by atoms with Gasteiger partial charge >= 0.3 is 0 Å². The molecule has 130 valence electrons. The number of aromatic nitrogens is 2. The van der Waals surface area contributed by atoms with Crippen molar-refractivity contribution < 1.29 is 4.42 Å². The number of nitrogens with one attached hydrogen (secondary N) is 1. The van der Waals surface area contributed by atoms with Crippen LogP contribution in [0, 0.1) is 0 Å². The molecule has 0 saturated heterocycles. The van der Waals surface area contributed by atoms with Crippen LogP contribution in [-0.4, -0.2) is 9.97 Å². The van der Waals surface area contributed by atoms with Gasteiger partial charge in [-0.25, -0.2) is 4.98 Å². The Bertz CT molecular complexity index is 1170. The summed E-state index contributed by atoms with van der Waals surface area (Å²) in [7, 11) is 0. The van der Waals surface area contributed by atoms with Crippen LogP contribution in [0.1, 0.15) is 0 Å². The van der Waals surface area contributed by atoms with Crippen LogP contribution in [0.15, 0.2) is 94.0 Å². The molecule has 0 aliphatic carbocycles. The number of H-pyrrole nitrogens is 1. The van der Waals surface area contributed by atoms with Gasteiger partial charge in [-0.3, -0.25) is 0 Å². The normalized spacial score (nSPS) is 11.1. The van der Waals surface area contributed by atoms with E-state index in [4.69, 9.17) is 9.40 Å². The van der Waals surface area contributed by atoms with Gasteiger partial charge in [-0.15, -0.1) is 0 Å². The molecule has 3 aromatic carbocycles. The molecule has 0 unspecified atom stereocenters. The number of hydrogen-bond donors (Lipinski definition) is 1. The van der Waals surface area contributed by atoms with E-state index in [1.54, 1.807) is 6.26 Å². The van der Waals surface area contributed by atoms with Crippen LogP contribution in [-0.2, 0) is 0 Å². The summed E-state index contributed by atoms with van der Waals surface area (Å²) in [4.78, 5) is 8.40. The molecule has 5 aromatic rings. The first-order chi connectivity index (χ1) is 13.3. The Hall–Kier alpha value is -3.11. The highest BCUT2D eigenvalue weighted by Crippen LogP contribution is 2.36. The van der Waals surface area contributed by atoms with Crippen molar-refractivity contribution in [2.45, 2.75) is 0 Å². The van der Waals surface area contributed by atoms with E-state index >= 15 is 0 Å². The first-order valence-corrected chi connectivity index (χ1v) is 9.47. The van der Waals surface area contributed by atoms with E-state index < -0.39 is 0 Å². The minimum absolute atomic E-state index is 0.727. The summed E-state index contributed by atoms with van der Waals surface area (Å²) in [6.45, 7) is 0. The van der Waals surface area contributed by atoms with Crippen molar-refractivity contribution in [3.63, 3.8) is 0 Å². The summed E-state index contributed by atoms with van der Waals surface area (Å²) in [6.07, 6.45) is 1.77. The van der Waals surface area contributed by atoms with Crippen LogP contribution in [0.2, 0.25) is 0 Å². The van der Waals surface area contributed by atoms with Crippen LogP contribution >= 0.6 is 15.9 Å². The number of furan rings is 1. The van der Waals surface area contributed by atoms with Crippen molar-refractivity contribution in [2.24, 2.45) is 0 Å². The van der Waals surface area contributed by atoms with Crippen molar-refractivity contribution in [2.75, 3.05) is 0 Å². The monoisotopic (exact) mass is 414 g/mol. The predicted molar refractivity (Wildman–Crippen MR) is 112 cm³/mol. The van der Waals surface area contributed by atoms with Crippen molar-refractivity contribution in [3.8, 4) is 34.1 Å². The van der Waals surface area contributed by atoms with E-state index in [0.717, 1.165) is 49.3 Å². The van der Waals surface area contributed by atoms with E-state index in [2.05, 4.69) is 45.2 Å². The van der Waals surface area contributed by atoms with E-state index in [9.17, 15) is 0 Å². The van der Waals surface area contributed by atoms with Crippen molar-refractivity contribution >= 4 is 26.7 Å². The maximum absolute atomic E-state index is 5.88. The molecule has 4 heteroatoms. The summed E-state index contributed by atoms with van der Waals surface area (Å²) >= 11 is 3.51. The number of rotatable bonds is 3. The summed E-state index contributed by atoms with van der Waals surface area (Å²) < 4.78 is 6.91. The topological polar surface area (TPSA) is 41.8 Å². The fourth-order valence-electron chi connectivity index (χ4n) is 3.31. The Balaban J connectivity index is 1.73. The molecule has 1 N–H and O–H groups in total. The van der Waals surface area contributed by atoms with Crippen LogP contribution in [0.5, 0.6) is 0 Å². The largest absolute Gasteiger partial charge is 0.460 e. The molecule has 0 fully saturated rings. The lowest BCUT2D eigenvalue weighted by molar-refractivity contribution is 0.583. The third kappa shape index (κ3) is 2.88. The Labute approximate surface area is 164 Å². The highest BCUT2D eigenvalue weighted by atomic mass is 79.9. The van der Waals surface area contributed by atoms with Gasteiger partial charge < -0.3 is 9.40 Å². The van der Waals surface area contributed by atoms with Gasteiger partial charge in [0, 0.05) is 26.4 Å². The number of nitrogens with zero attached hydrogens (tertiary/aromatic N) is 1. The van der Waals surface area contributed by atoms with Crippen LogP contribution in [0.4, 0.5) is 0 Å². The number of aromatic amines is 1. The van der Waals surface area contributed by atoms with Gasteiger partial charge in [0.2, 0.25) is 0 Å². The molecule has 27 heavy (non-hydrogen) atoms. The van der Waals surface area contributed by atoms with E-state index in [-0.39, 0.29) is 0 Å². The average Bonchev–Trinajstić information content (AvgIpc) is 3.33. The molecular weight excluding hydrogens is 400 g/mol. The lowest BCUT2D eigenvalue weighted by Crippen LogP contribution is -1.82. The van der Waals surface area contributed by atoms with Gasteiger partial charge in [0.15, 0.2) is 11.6 Å². The number of halogens is 1. The fourth-order valence-corrected chi connectivity index (χ4v) is 3.69. The van der Waals surface area contributed by atoms with Crippen molar-refractivity contribution in [3.05, 3.63) is 89.6 Å². The standard InChI is InChI=1S/C23H15BrN2O/c24-18-11-12-19-17(13-18)14-27-22(19)23-25-20(15-7-3-1-4-8-15)21(26-23)16-9-5-2-6-10-16/h1-14H,(H,25,26). The minimum Gasteiger partial charge on any atom is -0.460 e. The molecule has 0 spiro atoms. The predicted octanol–water partition coefficient (Wildman–Crippen LogP) is 6.92. The Morgan fingerprint density at radius 1 is 0.815 bits per heavy atom. The zero-order chi connectivity index (χ0) is 18.2. The van der Waals surface area contributed by atoms with Crippen LogP contribution in [0.25, 0.3) is 44.9 Å². The van der Waals surface area contributed by atoms with E-state index in [1.165, 1.54) is 0 Å². The Morgan fingerprint density at radius 2 is 1.52 bits per heavy atom. The van der Waals surface area contributed by atoms with Gasteiger partial charge in [-0.2, -0.15) is 0 Å². The molecule has 2 aromatic heterocycles. The second kappa shape index (κ2) is 6.56. The molecule has 5 rings (SSSR count). The maximum atomic E-state index is 5.88. The van der Waals surface area contributed by atoms with Gasteiger partial charge in [-0.05, 0) is 18.2 Å². The third-order valence-corrected chi connectivity index (χ3v) is 5.08. The first-order valence-electron chi connectivity index (χ1n) is 8.67. The Morgan fingerprint density at radius 3 is 2.26 bits per heavy atom. The zero-order valence-electron chi connectivity index (χ0n) is 14.3. The molecule has 0 aliphatic rings. The second-order valence-corrected chi connectivity index (χ2v) is 7.25. The molecule has 0 aliphatic heterocycles. The highest BCUT2D eigenvalue weighted by molar-refractivity contribution is 9.10. The summed E-state index contributed by atoms with van der Waals surface area (Å²) in [6, 6.07) is 26.6. The molecule has 0 amide bonds. The van der Waals surface area contributed by atoms with Gasteiger partial charge in [0.25, 0.3) is 0 Å². The summed E-state index contributed by atoms with van der Waals surface area (Å²) in [5.74, 6) is 1.47. The van der Waals surface area contributed by atoms with Gasteiger partial charge in [0.1, 0.15) is 0 Å². The average molecular weight is 415 g/mol. The lowest BCUT2D eigenvalue weighted by atomic mass is 10.1. The number of fused-ring (bicyclic) bond motifs is 1. The first kappa shape index (κ1) is 16.1. The Kier molecular flexibility index (Phi) is 3.91.